The molecule has 3 atom stereocenters. The Balaban J connectivity index is 1.90. The van der Waals surface area contributed by atoms with Crippen molar-refractivity contribution in [1.82, 2.24) is 9.80 Å². The third kappa shape index (κ3) is 3.60. The van der Waals surface area contributed by atoms with Gasteiger partial charge in [-0.2, -0.15) is 0 Å². The zero-order chi connectivity index (χ0) is 30.9. The Hall–Kier alpha value is -4.71. The molecule has 2 aromatic rings. The molecular formula is C30H32N2O10. The van der Waals surface area contributed by atoms with Gasteiger partial charge in [0.1, 0.15) is 11.5 Å². The number of fused-ring (bicyclic) bond motifs is 7. The number of aromatic hydroxyl groups is 3. The van der Waals surface area contributed by atoms with Crippen molar-refractivity contribution in [2.45, 2.75) is 46.0 Å². The van der Waals surface area contributed by atoms with Crippen LogP contribution in [-0.4, -0.2) is 77.2 Å². The van der Waals surface area contributed by atoms with Crippen molar-refractivity contribution in [2.24, 2.45) is 0 Å². The van der Waals surface area contributed by atoms with Crippen molar-refractivity contribution in [3.8, 4) is 34.5 Å². The fraction of sp³-hybridized carbons (Fsp3) is 0.367. The van der Waals surface area contributed by atoms with Gasteiger partial charge in [0, 0.05) is 33.5 Å². The zero-order valence-corrected chi connectivity index (χ0v) is 24.5. The molecule has 3 aliphatic rings. The first-order chi connectivity index (χ1) is 19.9. The molecule has 1 amide bonds. The van der Waals surface area contributed by atoms with E-state index in [0.717, 1.165) is 0 Å². The average molecular weight is 581 g/mol. The lowest BCUT2D eigenvalue weighted by Crippen LogP contribution is -2.62. The van der Waals surface area contributed by atoms with Crippen LogP contribution in [0.2, 0.25) is 0 Å². The predicted octanol–water partition coefficient (Wildman–Crippen LogP) is 3.39. The molecular weight excluding hydrogens is 548 g/mol. The summed E-state index contributed by atoms with van der Waals surface area (Å²) < 4.78 is 22.5. The number of methoxy groups -OCH3 is 3. The highest BCUT2D eigenvalue weighted by Crippen LogP contribution is 2.58. The molecule has 1 unspecified atom stereocenters. The quantitative estimate of drug-likeness (QED) is 0.206. The second kappa shape index (κ2) is 9.98. The van der Waals surface area contributed by atoms with Gasteiger partial charge in [0.25, 0.3) is 5.91 Å². The molecule has 42 heavy (non-hydrogen) atoms. The number of piperazine rings is 1. The van der Waals surface area contributed by atoms with E-state index in [-0.39, 0.29) is 62.1 Å². The number of carbonyl (C=O) groups excluding carboxylic acids is 3. The highest BCUT2D eigenvalue weighted by Gasteiger charge is 2.57. The number of hydrogen-bond donors (Lipinski definition) is 3. The number of phenolic OH excluding ortho intramolecular Hbond substituents is 3. The SMILES string of the molecule is C/C=C(/C)C(=O)O[C@H]1c2c(c(O)c(C)c(OC)c2OC)C=C2[C@H]3c4c(O)c(OC)c(C)c(O)c4C(=O)C(C(=O)N21)N3C. The van der Waals surface area contributed by atoms with Crippen molar-refractivity contribution < 1.29 is 48.7 Å². The van der Waals surface area contributed by atoms with Crippen LogP contribution < -0.4 is 14.2 Å². The van der Waals surface area contributed by atoms with Gasteiger partial charge in [-0.15, -0.1) is 0 Å². The maximum atomic E-state index is 14.3. The number of esters is 1. The summed E-state index contributed by atoms with van der Waals surface area (Å²) >= 11 is 0. The first-order valence-corrected chi connectivity index (χ1v) is 13.1. The number of benzene rings is 2. The first kappa shape index (κ1) is 28.8. The predicted molar refractivity (Wildman–Crippen MR) is 149 cm³/mol. The number of allylic oxidation sites excluding steroid dienone is 1. The van der Waals surface area contributed by atoms with E-state index < -0.39 is 47.5 Å². The summed E-state index contributed by atoms with van der Waals surface area (Å²) in [5.74, 6) is -3.01. The molecule has 0 saturated carbocycles. The minimum Gasteiger partial charge on any atom is -0.507 e. The summed E-state index contributed by atoms with van der Waals surface area (Å²) in [6, 6.07) is -2.44. The molecule has 3 N–H and O–H groups in total. The van der Waals surface area contributed by atoms with Crippen LogP contribution in [0.25, 0.3) is 6.08 Å². The summed E-state index contributed by atoms with van der Waals surface area (Å²) in [7, 11) is 5.61. The molecule has 0 aromatic heterocycles. The minimum atomic E-state index is -1.50. The molecule has 3 heterocycles. The normalized spacial score (nSPS) is 21.2. The highest BCUT2D eigenvalue weighted by molar-refractivity contribution is 6.18. The maximum absolute atomic E-state index is 14.3. The number of nitrogens with zero attached hydrogens (tertiary/aromatic N) is 2. The van der Waals surface area contributed by atoms with Crippen molar-refractivity contribution in [1.29, 1.82) is 0 Å². The lowest BCUT2D eigenvalue weighted by atomic mass is 9.78. The van der Waals surface area contributed by atoms with Crippen LogP contribution >= 0.6 is 0 Å². The van der Waals surface area contributed by atoms with Gasteiger partial charge in [0.2, 0.25) is 6.23 Å². The molecule has 12 heteroatoms. The molecule has 2 bridgehead atoms. The fourth-order valence-electron chi connectivity index (χ4n) is 6.11. The number of hydrogen-bond acceptors (Lipinski definition) is 11. The van der Waals surface area contributed by atoms with Gasteiger partial charge in [0.15, 0.2) is 34.8 Å². The largest absolute Gasteiger partial charge is 0.507 e. The van der Waals surface area contributed by atoms with E-state index in [1.165, 1.54) is 51.2 Å². The van der Waals surface area contributed by atoms with E-state index in [4.69, 9.17) is 18.9 Å². The number of likely N-dealkylation sites (N-methyl/N-ethyl adjacent to an activating group) is 1. The Kier molecular flexibility index (Phi) is 6.85. The third-order valence-corrected chi connectivity index (χ3v) is 8.34. The summed E-state index contributed by atoms with van der Waals surface area (Å²) in [5, 5.41) is 33.8. The van der Waals surface area contributed by atoms with Gasteiger partial charge in [-0.05, 0) is 40.8 Å². The Morgan fingerprint density at radius 3 is 2.05 bits per heavy atom. The molecule has 1 saturated heterocycles. The number of amides is 1. The van der Waals surface area contributed by atoms with E-state index in [1.54, 1.807) is 26.8 Å². The average Bonchev–Trinajstić information content (AvgIpc) is 2.96. The lowest BCUT2D eigenvalue weighted by molar-refractivity contribution is -0.166. The van der Waals surface area contributed by atoms with Gasteiger partial charge >= 0.3 is 5.97 Å². The number of ether oxygens (including phenoxy) is 4. The van der Waals surface area contributed by atoms with E-state index in [0.29, 0.717) is 5.56 Å². The van der Waals surface area contributed by atoms with Crippen LogP contribution in [0.4, 0.5) is 0 Å². The molecule has 3 aliphatic heterocycles. The monoisotopic (exact) mass is 580 g/mol. The summed E-state index contributed by atoms with van der Waals surface area (Å²) in [6.45, 7) is 6.30. The summed E-state index contributed by atoms with van der Waals surface area (Å²) in [6.07, 6.45) is 1.56. The molecule has 0 radical (unpaired) electrons. The number of carbonyl (C=O) groups is 3. The van der Waals surface area contributed by atoms with Crippen LogP contribution in [0.1, 0.15) is 64.3 Å². The Labute approximate surface area is 242 Å². The van der Waals surface area contributed by atoms with Crippen LogP contribution in [0.3, 0.4) is 0 Å². The summed E-state index contributed by atoms with van der Waals surface area (Å²) in [5.41, 5.74) is 1.03. The van der Waals surface area contributed by atoms with Gasteiger partial charge < -0.3 is 34.3 Å². The number of Topliss-reactive ketones (excluding diaryl/α,β-unsaturated/α-hetero) is 1. The second-order valence-electron chi connectivity index (χ2n) is 10.4. The van der Waals surface area contributed by atoms with Crippen LogP contribution in [0, 0.1) is 13.8 Å². The number of phenols is 3. The Bertz CT molecular complexity index is 1640. The van der Waals surface area contributed by atoms with Gasteiger partial charge in [-0.1, -0.05) is 6.08 Å². The highest BCUT2D eigenvalue weighted by atomic mass is 16.6. The lowest BCUT2D eigenvalue weighted by Gasteiger charge is -2.52. The topological polar surface area (TPSA) is 155 Å². The van der Waals surface area contributed by atoms with E-state index >= 15 is 0 Å². The number of ketones is 1. The van der Waals surface area contributed by atoms with E-state index in [1.807, 2.05) is 0 Å². The minimum absolute atomic E-state index is 0.0114. The second-order valence-corrected chi connectivity index (χ2v) is 10.4. The molecule has 1 fully saturated rings. The molecule has 5 rings (SSSR count). The smallest absolute Gasteiger partial charge is 0.335 e. The summed E-state index contributed by atoms with van der Waals surface area (Å²) in [4.78, 5) is 44.0. The van der Waals surface area contributed by atoms with Crippen LogP contribution in [0.15, 0.2) is 17.3 Å². The van der Waals surface area contributed by atoms with E-state index in [9.17, 15) is 29.7 Å². The van der Waals surface area contributed by atoms with Crippen LogP contribution in [-0.2, 0) is 14.3 Å². The third-order valence-electron chi connectivity index (χ3n) is 8.34. The van der Waals surface area contributed by atoms with Crippen molar-refractivity contribution in [3.63, 3.8) is 0 Å². The van der Waals surface area contributed by atoms with Crippen molar-refractivity contribution >= 4 is 23.7 Å². The maximum Gasteiger partial charge on any atom is 0.335 e. The molecule has 2 aromatic carbocycles. The fourth-order valence-corrected chi connectivity index (χ4v) is 6.11. The van der Waals surface area contributed by atoms with Gasteiger partial charge in [0.05, 0.1) is 38.5 Å². The standard InChI is InChI=1S/C30H32N2O10/c1-9-11(2)30(38)42-29-16-14(21(33)12(3)26(40-7)27(16)41-8)10-15-19-17-18(22(34)13(4)25(39-6)24(17)36)23(35)20(31(19)5)28(37)32(15)29/h9-10,19-20,29,33-34,36H,1-8H3/b11-9-/t19-,20?,29-/m0/s1. The molecule has 222 valence electrons. The van der Waals surface area contributed by atoms with Crippen molar-refractivity contribution in [2.75, 3.05) is 28.4 Å². The van der Waals surface area contributed by atoms with Crippen molar-refractivity contribution in [3.05, 3.63) is 50.7 Å². The number of rotatable bonds is 5. The zero-order valence-electron chi connectivity index (χ0n) is 24.5. The van der Waals surface area contributed by atoms with Crippen LogP contribution in [0.5, 0.6) is 34.5 Å². The van der Waals surface area contributed by atoms with Gasteiger partial charge in [-0.3, -0.25) is 19.4 Å². The Morgan fingerprint density at radius 1 is 0.881 bits per heavy atom. The molecule has 0 aliphatic carbocycles. The van der Waals surface area contributed by atoms with Gasteiger partial charge in [-0.25, -0.2) is 4.79 Å². The first-order valence-electron chi connectivity index (χ1n) is 13.1. The molecule has 12 nitrogen and oxygen atoms in total. The Morgan fingerprint density at radius 2 is 1.48 bits per heavy atom. The van der Waals surface area contributed by atoms with E-state index in [2.05, 4.69) is 0 Å². The molecule has 0 spiro atoms.